The average molecular weight is 519 g/mol. The van der Waals surface area contributed by atoms with Gasteiger partial charge in [-0.15, -0.1) is 0 Å². The summed E-state index contributed by atoms with van der Waals surface area (Å²) in [5.74, 6) is -2.14. The largest absolute Gasteiger partial charge is 0.493 e. The standard InChI is InChI=1S/C23H20F3N5O6/c1-5-36-14-7-6-13(37-20(33)23(24,25)26)17-18(14)29-22(30-19(17)32)31-21-27-10(2)11-8-15(34-3)16(35-4)9-12(11)28-21/h6-9H,5H2,1-4H3,(H2,27,28,29,30,31,32). The van der Waals surface area contributed by atoms with Crippen LogP contribution in [0.15, 0.2) is 29.1 Å². The number of esters is 1. The molecule has 194 valence electrons. The number of carbonyl (C=O) groups is 1. The lowest BCUT2D eigenvalue weighted by molar-refractivity contribution is -0.189. The Balaban J connectivity index is 1.80. The molecule has 0 unspecified atom stereocenters. The summed E-state index contributed by atoms with van der Waals surface area (Å²) in [6.07, 6.45) is -5.26. The first kappa shape index (κ1) is 25.5. The van der Waals surface area contributed by atoms with Crippen LogP contribution in [-0.4, -0.2) is 52.9 Å². The lowest BCUT2D eigenvalue weighted by atomic mass is 10.1. The molecule has 11 nitrogen and oxygen atoms in total. The number of aromatic amines is 1. The average Bonchev–Trinajstić information content (AvgIpc) is 2.84. The Labute approximate surface area is 206 Å². The minimum absolute atomic E-state index is 0.0670. The molecule has 2 N–H and O–H groups in total. The summed E-state index contributed by atoms with van der Waals surface area (Å²) in [4.78, 5) is 39.7. The fourth-order valence-electron chi connectivity index (χ4n) is 3.54. The molecule has 14 heteroatoms. The molecule has 0 atom stereocenters. The number of methoxy groups -OCH3 is 2. The molecular weight excluding hydrogens is 499 g/mol. The van der Waals surface area contributed by atoms with E-state index in [2.05, 4.69) is 30.0 Å². The van der Waals surface area contributed by atoms with E-state index in [-0.39, 0.29) is 29.8 Å². The van der Waals surface area contributed by atoms with Crippen LogP contribution in [0, 0.1) is 6.92 Å². The van der Waals surface area contributed by atoms with E-state index >= 15 is 0 Å². The minimum Gasteiger partial charge on any atom is -0.493 e. The SMILES string of the molecule is CCOc1ccc(OC(=O)C(F)(F)F)c2c(=O)[nH]c(Nc3nc(C)c4cc(OC)c(OC)cc4n3)nc12. The molecule has 0 aliphatic heterocycles. The van der Waals surface area contributed by atoms with Crippen LogP contribution >= 0.6 is 0 Å². The van der Waals surface area contributed by atoms with Gasteiger partial charge in [0, 0.05) is 11.5 Å². The number of nitrogens with one attached hydrogen (secondary N) is 2. The number of alkyl halides is 3. The van der Waals surface area contributed by atoms with Crippen LogP contribution in [0.5, 0.6) is 23.0 Å². The number of aryl methyl sites for hydroxylation is 1. The molecule has 2 aromatic carbocycles. The molecule has 0 fully saturated rings. The Hall–Kier alpha value is -4.62. The fraction of sp³-hybridized carbons (Fsp3) is 0.261. The fourth-order valence-corrected chi connectivity index (χ4v) is 3.54. The van der Waals surface area contributed by atoms with Crippen molar-refractivity contribution in [1.29, 1.82) is 0 Å². The van der Waals surface area contributed by atoms with Gasteiger partial charge in [0.1, 0.15) is 22.4 Å². The van der Waals surface area contributed by atoms with Crippen LogP contribution in [0.25, 0.3) is 21.8 Å². The maximum absolute atomic E-state index is 12.9. The number of carbonyl (C=O) groups excluding carboxylic acids is 1. The highest BCUT2D eigenvalue weighted by molar-refractivity contribution is 5.93. The Morgan fingerprint density at radius 3 is 2.35 bits per heavy atom. The van der Waals surface area contributed by atoms with Crippen molar-refractivity contribution in [3.63, 3.8) is 0 Å². The molecule has 0 saturated heterocycles. The molecule has 0 aliphatic carbocycles. The van der Waals surface area contributed by atoms with Crippen molar-refractivity contribution in [3.05, 3.63) is 40.3 Å². The quantitative estimate of drug-likeness (QED) is 0.274. The number of H-pyrrole nitrogens is 1. The smallest absolute Gasteiger partial charge is 0.491 e. The Kier molecular flexibility index (Phi) is 6.74. The number of aromatic nitrogens is 4. The summed E-state index contributed by atoms with van der Waals surface area (Å²) in [5, 5.41) is 3.08. The van der Waals surface area contributed by atoms with Gasteiger partial charge in [-0.3, -0.25) is 15.1 Å². The molecule has 0 spiro atoms. The summed E-state index contributed by atoms with van der Waals surface area (Å²) in [6, 6.07) is 5.65. The van der Waals surface area contributed by atoms with Crippen molar-refractivity contribution >= 4 is 39.7 Å². The monoisotopic (exact) mass is 519 g/mol. The van der Waals surface area contributed by atoms with E-state index in [4.69, 9.17) is 14.2 Å². The van der Waals surface area contributed by atoms with Crippen molar-refractivity contribution in [3.8, 4) is 23.0 Å². The summed E-state index contributed by atoms with van der Waals surface area (Å²) in [7, 11) is 2.99. The molecule has 0 radical (unpaired) electrons. The number of fused-ring (bicyclic) bond motifs is 2. The minimum atomic E-state index is -5.26. The highest BCUT2D eigenvalue weighted by Gasteiger charge is 2.41. The molecule has 0 aliphatic rings. The maximum Gasteiger partial charge on any atom is 0.491 e. The number of hydrogen-bond acceptors (Lipinski definition) is 10. The van der Waals surface area contributed by atoms with Gasteiger partial charge in [0.2, 0.25) is 11.9 Å². The van der Waals surface area contributed by atoms with Gasteiger partial charge >= 0.3 is 12.1 Å². The van der Waals surface area contributed by atoms with Crippen LogP contribution in [-0.2, 0) is 4.79 Å². The first-order valence-electron chi connectivity index (χ1n) is 10.7. The topological polar surface area (TPSA) is 138 Å². The number of rotatable bonds is 7. The summed E-state index contributed by atoms with van der Waals surface area (Å²) >= 11 is 0. The molecule has 2 aromatic heterocycles. The van der Waals surface area contributed by atoms with Gasteiger partial charge in [-0.1, -0.05) is 0 Å². The van der Waals surface area contributed by atoms with E-state index in [1.165, 1.54) is 20.3 Å². The van der Waals surface area contributed by atoms with Gasteiger partial charge in [0.25, 0.3) is 5.56 Å². The Morgan fingerprint density at radius 1 is 1.03 bits per heavy atom. The van der Waals surface area contributed by atoms with Crippen LogP contribution < -0.4 is 29.8 Å². The summed E-state index contributed by atoms with van der Waals surface area (Å²) < 4.78 is 58.7. The highest BCUT2D eigenvalue weighted by atomic mass is 19.4. The number of hydrogen-bond donors (Lipinski definition) is 2. The number of benzene rings is 2. The van der Waals surface area contributed by atoms with Crippen molar-refractivity contribution in [2.45, 2.75) is 20.0 Å². The van der Waals surface area contributed by atoms with E-state index in [9.17, 15) is 22.8 Å². The van der Waals surface area contributed by atoms with E-state index < -0.39 is 28.8 Å². The van der Waals surface area contributed by atoms with Gasteiger partial charge in [-0.2, -0.15) is 13.2 Å². The zero-order chi connectivity index (χ0) is 26.9. The second-order valence-electron chi connectivity index (χ2n) is 7.50. The third kappa shape index (κ3) is 5.03. The molecule has 0 saturated carbocycles. The second-order valence-corrected chi connectivity index (χ2v) is 7.50. The van der Waals surface area contributed by atoms with E-state index in [0.29, 0.717) is 28.1 Å². The van der Waals surface area contributed by atoms with Gasteiger partial charge in [0.05, 0.1) is 32.0 Å². The number of halogens is 3. The third-order valence-corrected chi connectivity index (χ3v) is 5.14. The maximum atomic E-state index is 12.9. The first-order chi connectivity index (χ1) is 17.5. The zero-order valence-electron chi connectivity index (χ0n) is 19.9. The van der Waals surface area contributed by atoms with E-state index in [0.717, 1.165) is 6.07 Å². The van der Waals surface area contributed by atoms with Gasteiger partial charge in [0.15, 0.2) is 11.5 Å². The molecule has 0 amide bonds. The molecule has 37 heavy (non-hydrogen) atoms. The summed E-state index contributed by atoms with van der Waals surface area (Å²) in [5.41, 5.74) is 0.0625. The normalized spacial score (nSPS) is 11.4. The van der Waals surface area contributed by atoms with Crippen molar-refractivity contribution in [1.82, 2.24) is 19.9 Å². The Bertz CT molecular complexity index is 1570. The number of ether oxygens (including phenoxy) is 4. The highest BCUT2D eigenvalue weighted by Crippen LogP contribution is 2.34. The number of nitrogens with zero attached hydrogens (tertiary/aromatic N) is 3. The van der Waals surface area contributed by atoms with E-state index in [1.807, 2.05) is 0 Å². The van der Waals surface area contributed by atoms with E-state index in [1.54, 1.807) is 26.0 Å². The lowest BCUT2D eigenvalue weighted by Gasteiger charge is -2.13. The molecule has 0 bridgehead atoms. The van der Waals surface area contributed by atoms with Crippen LogP contribution in [0.2, 0.25) is 0 Å². The van der Waals surface area contributed by atoms with Gasteiger partial charge in [-0.05, 0) is 32.0 Å². The Morgan fingerprint density at radius 2 is 1.70 bits per heavy atom. The molecule has 4 rings (SSSR count). The molecule has 2 heterocycles. The lowest BCUT2D eigenvalue weighted by Crippen LogP contribution is -2.28. The molecular formula is C23H20F3N5O6. The predicted molar refractivity (Wildman–Crippen MR) is 126 cm³/mol. The number of anilines is 2. The van der Waals surface area contributed by atoms with Crippen LogP contribution in [0.3, 0.4) is 0 Å². The predicted octanol–water partition coefficient (Wildman–Crippen LogP) is 3.80. The van der Waals surface area contributed by atoms with Crippen LogP contribution in [0.1, 0.15) is 12.6 Å². The van der Waals surface area contributed by atoms with Crippen molar-refractivity contribution in [2.24, 2.45) is 0 Å². The second kappa shape index (κ2) is 9.79. The summed E-state index contributed by atoms with van der Waals surface area (Å²) in [6.45, 7) is 3.59. The van der Waals surface area contributed by atoms with Gasteiger partial charge in [-0.25, -0.2) is 19.7 Å². The first-order valence-corrected chi connectivity index (χ1v) is 10.7. The zero-order valence-corrected chi connectivity index (χ0v) is 19.9. The van der Waals surface area contributed by atoms with Crippen molar-refractivity contribution in [2.75, 3.05) is 26.1 Å². The third-order valence-electron chi connectivity index (χ3n) is 5.14. The molecule has 4 aromatic rings. The van der Waals surface area contributed by atoms with Crippen molar-refractivity contribution < 1.29 is 36.9 Å². The van der Waals surface area contributed by atoms with Gasteiger partial charge < -0.3 is 18.9 Å². The van der Waals surface area contributed by atoms with Crippen LogP contribution in [0.4, 0.5) is 25.1 Å².